The first-order valence-corrected chi connectivity index (χ1v) is 12.2. The number of hydrogen-bond acceptors (Lipinski definition) is 5. The number of ether oxygens (including phenoxy) is 1. The number of carbonyl (C=O) groups excluding carboxylic acids is 4. The zero-order valence-electron chi connectivity index (χ0n) is 18.9. The maximum absolute atomic E-state index is 13.3. The Kier molecular flexibility index (Phi) is 4.35. The molecule has 35 heavy (non-hydrogen) atoms. The first kappa shape index (κ1) is 20.6. The molecular weight excluding hydrogens is 444 g/mol. The number of imide groups is 1. The number of anilines is 2. The van der Waals surface area contributed by atoms with Gasteiger partial charge < -0.3 is 9.64 Å². The predicted molar refractivity (Wildman–Crippen MR) is 126 cm³/mol. The molecule has 2 heterocycles. The van der Waals surface area contributed by atoms with Gasteiger partial charge in [0.05, 0.1) is 23.4 Å². The molecule has 0 N–H and O–H groups in total. The highest BCUT2D eigenvalue weighted by atomic mass is 16.5. The summed E-state index contributed by atoms with van der Waals surface area (Å²) in [6, 6.07) is 15.8. The van der Waals surface area contributed by atoms with Crippen molar-refractivity contribution in [3.05, 3.63) is 66.7 Å². The standard InChI is InChI=1S/C28H24N2O5/c31-23-12-15(14-29(23)16-4-2-1-3-5-16)28(34)35-18-8-6-17(7-9-18)30-26(32)24-19-10-11-20(22-13-21(19)22)25(24)27(30)33/h1-11,15,19-22,24-25H,12-14H2/t15-,19+,20+,21-,22+,24-,25-/m1/s1. The van der Waals surface area contributed by atoms with Crippen molar-refractivity contribution in [1.82, 2.24) is 0 Å². The molecule has 0 spiro atoms. The molecule has 2 aromatic rings. The molecule has 0 aromatic heterocycles. The third-order valence-electron chi connectivity index (χ3n) is 8.50. The van der Waals surface area contributed by atoms with Gasteiger partial charge in [0, 0.05) is 18.7 Å². The van der Waals surface area contributed by atoms with Crippen LogP contribution in [0.3, 0.4) is 0 Å². The van der Waals surface area contributed by atoms with E-state index in [9.17, 15) is 19.2 Å². The van der Waals surface area contributed by atoms with Gasteiger partial charge in [0.1, 0.15) is 5.75 Å². The van der Waals surface area contributed by atoms with Gasteiger partial charge in [0.15, 0.2) is 0 Å². The van der Waals surface area contributed by atoms with Gasteiger partial charge in [-0.15, -0.1) is 0 Å². The van der Waals surface area contributed by atoms with Crippen LogP contribution >= 0.6 is 0 Å². The molecule has 4 aliphatic carbocycles. The van der Waals surface area contributed by atoms with Crippen molar-refractivity contribution < 1.29 is 23.9 Å². The maximum Gasteiger partial charge on any atom is 0.316 e. The largest absolute Gasteiger partial charge is 0.426 e. The lowest BCUT2D eigenvalue weighted by Crippen LogP contribution is -2.40. The molecule has 2 saturated carbocycles. The second-order valence-electron chi connectivity index (χ2n) is 10.3. The van der Waals surface area contributed by atoms with Gasteiger partial charge >= 0.3 is 5.97 Å². The molecule has 176 valence electrons. The van der Waals surface area contributed by atoms with Crippen molar-refractivity contribution in [3.8, 4) is 5.75 Å². The molecule has 7 atom stereocenters. The van der Waals surface area contributed by atoms with E-state index in [2.05, 4.69) is 12.2 Å². The first-order chi connectivity index (χ1) is 17.0. The van der Waals surface area contributed by atoms with Crippen molar-refractivity contribution in [2.45, 2.75) is 12.8 Å². The molecule has 2 saturated heterocycles. The lowest BCUT2D eigenvalue weighted by atomic mass is 9.63. The van der Waals surface area contributed by atoms with Crippen LogP contribution in [0.2, 0.25) is 0 Å². The summed E-state index contributed by atoms with van der Waals surface area (Å²) in [7, 11) is 0. The Hall–Kier alpha value is -3.74. The minimum atomic E-state index is -0.554. The van der Waals surface area contributed by atoms with Gasteiger partial charge in [-0.05, 0) is 66.5 Å². The molecule has 0 radical (unpaired) electrons. The molecule has 6 aliphatic rings. The topological polar surface area (TPSA) is 84.0 Å². The minimum absolute atomic E-state index is 0.101. The van der Waals surface area contributed by atoms with Crippen LogP contribution in [0.1, 0.15) is 12.8 Å². The zero-order chi connectivity index (χ0) is 23.8. The number of para-hydroxylation sites is 1. The van der Waals surface area contributed by atoms with Crippen molar-refractivity contribution >= 4 is 35.1 Å². The van der Waals surface area contributed by atoms with Crippen molar-refractivity contribution in [2.24, 2.45) is 41.4 Å². The molecule has 8 rings (SSSR count). The molecule has 2 aliphatic heterocycles. The van der Waals surface area contributed by atoms with E-state index in [1.807, 2.05) is 30.3 Å². The van der Waals surface area contributed by atoms with Gasteiger partial charge in [-0.2, -0.15) is 0 Å². The Bertz CT molecular complexity index is 1250. The molecular formula is C28H24N2O5. The van der Waals surface area contributed by atoms with Crippen molar-refractivity contribution in [2.75, 3.05) is 16.3 Å². The monoisotopic (exact) mass is 468 g/mol. The van der Waals surface area contributed by atoms with Gasteiger partial charge in [0.25, 0.3) is 0 Å². The average molecular weight is 469 g/mol. The lowest BCUT2D eigenvalue weighted by Gasteiger charge is -2.37. The number of esters is 1. The summed E-state index contributed by atoms with van der Waals surface area (Å²) >= 11 is 0. The van der Waals surface area contributed by atoms with E-state index in [4.69, 9.17) is 4.74 Å². The van der Waals surface area contributed by atoms with Crippen molar-refractivity contribution in [3.63, 3.8) is 0 Å². The quantitative estimate of drug-likeness (QED) is 0.298. The third-order valence-corrected chi connectivity index (χ3v) is 8.50. The summed E-state index contributed by atoms with van der Waals surface area (Å²) in [6.07, 6.45) is 5.54. The molecule has 2 bridgehead atoms. The summed E-state index contributed by atoms with van der Waals surface area (Å²) in [5, 5.41) is 0. The van der Waals surface area contributed by atoms with Crippen LogP contribution in [-0.2, 0) is 19.2 Å². The summed E-state index contributed by atoms with van der Waals surface area (Å²) in [6.45, 7) is 0.275. The van der Waals surface area contributed by atoms with E-state index >= 15 is 0 Å². The van der Waals surface area contributed by atoms with Gasteiger partial charge in [-0.3, -0.25) is 24.1 Å². The predicted octanol–water partition coefficient (Wildman–Crippen LogP) is 3.20. The van der Waals surface area contributed by atoms with Gasteiger partial charge in [-0.1, -0.05) is 30.4 Å². The lowest BCUT2D eigenvalue weighted by molar-refractivity contribution is -0.139. The minimum Gasteiger partial charge on any atom is -0.426 e. The summed E-state index contributed by atoms with van der Waals surface area (Å²) in [5.74, 6) is -0.0341. The Morgan fingerprint density at radius 3 is 2.06 bits per heavy atom. The number of carbonyl (C=O) groups is 4. The Labute approximate surface area is 202 Å². The fraction of sp³-hybridized carbons (Fsp3) is 0.357. The van der Waals surface area contributed by atoms with Crippen LogP contribution in [-0.4, -0.2) is 30.2 Å². The molecule has 4 fully saturated rings. The number of rotatable bonds is 4. The smallest absolute Gasteiger partial charge is 0.316 e. The number of allylic oxidation sites excluding steroid dienone is 2. The number of benzene rings is 2. The van der Waals surface area contributed by atoms with Crippen LogP contribution in [0.15, 0.2) is 66.7 Å². The number of nitrogens with zero attached hydrogens (tertiary/aromatic N) is 2. The van der Waals surface area contributed by atoms with Gasteiger partial charge in [0.2, 0.25) is 17.7 Å². The van der Waals surface area contributed by atoms with E-state index in [0.717, 1.165) is 12.1 Å². The van der Waals surface area contributed by atoms with E-state index in [1.54, 1.807) is 29.2 Å². The molecule has 0 unspecified atom stereocenters. The van der Waals surface area contributed by atoms with Crippen molar-refractivity contribution in [1.29, 1.82) is 0 Å². The Balaban J connectivity index is 1.04. The molecule has 7 heteroatoms. The molecule has 2 aromatic carbocycles. The van der Waals surface area contributed by atoms with Crippen LogP contribution in [0.4, 0.5) is 11.4 Å². The van der Waals surface area contributed by atoms with Gasteiger partial charge in [-0.25, -0.2) is 0 Å². The van der Waals surface area contributed by atoms with Crippen LogP contribution in [0, 0.1) is 41.4 Å². The highest BCUT2D eigenvalue weighted by Crippen LogP contribution is 2.65. The van der Waals surface area contributed by atoms with Crippen LogP contribution in [0.5, 0.6) is 5.75 Å². The Morgan fingerprint density at radius 2 is 1.43 bits per heavy atom. The summed E-state index contributed by atoms with van der Waals surface area (Å²) < 4.78 is 5.54. The number of amides is 3. The van der Waals surface area contributed by atoms with E-state index in [0.29, 0.717) is 23.3 Å². The van der Waals surface area contributed by atoms with E-state index < -0.39 is 11.9 Å². The fourth-order valence-corrected chi connectivity index (χ4v) is 6.80. The summed E-state index contributed by atoms with van der Waals surface area (Å²) in [4.78, 5) is 54.6. The second kappa shape index (κ2) is 7.38. The normalized spacial score (nSPS) is 34.3. The highest BCUT2D eigenvalue weighted by Gasteiger charge is 2.67. The zero-order valence-corrected chi connectivity index (χ0v) is 18.9. The van der Waals surface area contributed by atoms with E-state index in [1.165, 1.54) is 4.90 Å². The second-order valence-corrected chi connectivity index (χ2v) is 10.3. The third kappa shape index (κ3) is 3.03. The number of hydrogen-bond donors (Lipinski definition) is 0. The Morgan fingerprint density at radius 1 is 0.800 bits per heavy atom. The maximum atomic E-state index is 13.3. The van der Waals surface area contributed by atoms with E-state index in [-0.39, 0.29) is 54.4 Å². The molecule has 3 amide bonds. The summed E-state index contributed by atoms with van der Waals surface area (Å²) in [5.41, 5.74) is 1.27. The van der Waals surface area contributed by atoms with Crippen LogP contribution in [0.25, 0.3) is 0 Å². The van der Waals surface area contributed by atoms with Crippen LogP contribution < -0.4 is 14.5 Å². The highest BCUT2D eigenvalue weighted by molar-refractivity contribution is 6.22. The average Bonchev–Trinajstić information content (AvgIpc) is 3.55. The fourth-order valence-electron chi connectivity index (χ4n) is 6.80. The SMILES string of the molecule is O=C(Oc1ccc(N2C(=O)[C@@H]3[C@H]4C=C[C@@H]([C@@H]5C[C@H]45)[C@H]3C2=O)cc1)[C@@H]1CC(=O)N(c2ccccc2)C1. The molecule has 7 nitrogen and oxygen atoms in total. The first-order valence-electron chi connectivity index (χ1n) is 12.2.